The molecule has 1 aliphatic rings. The highest BCUT2D eigenvalue weighted by Crippen LogP contribution is 2.33. The molecular weight excluding hydrogens is 809 g/mol. The van der Waals surface area contributed by atoms with Crippen LogP contribution in [0.25, 0.3) is 10.8 Å². The smallest absolute Gasteiger partial charge is 0.264 e. The SMILES string of the molecule is CC(C)OS(=O)(=O)c1ccc2ccccc2c1S(=O)(=O)OC(C)C.O=[N+]([O-])c1ccc(N2NC(c3ccccc3)=NN2c2ccc(I)cc2)cc1. The Morgan fingerprint density at radius 3 is 1.90 bits per heavy atom. The minimum absolute atomic E-state index is 0.0444. The van der Waals surface area contributed by atoms with E-state index in [9.17, 15) is 26.9 Å². The Hall–Kier alpha value is -4.62. The lowest BCUT2D eigenvalue weighted by molar-refractivity contribution is -0.384. The van der Waals surface area contributed by atoms with E-state index in [4.69, 9.17) is 13.5 Å². The van der Waals surface area contributed by atoms with E-state index in [-0.39, 0.29) is 11.1 Å². The van der Waals surface area contributed by atoms with Crippen molar-refractivity contribution in [3.63, 3.8) is 0 Å². The summed E-state index contributed by atoms with van der Waals surface area (Å²) in [6, 6.07) is 33.4. The quantitative estimate of drug-likeness (QED) is 0.0647. The van der Waals surface area contributed by atoms with Crippen molar-refractivity contribution in [1.82, 2.24) is 5.43 Å². The number of rotatable bonds is 10. The average Bonchev–Trinajstić information content (AvgIpc) is 3.53. The van der Waals surface area contributed by atoms with Gasteiger partial charge in [0.15, 0.2) is 5.84 Å². The molecule has 13 nitrogen and oxygen atoms in total. The van der Waals surface area contributed by atoms with Gasteiger partial charge in [-0.25, -0.2) is 0 Å². The first-order chi connectivity index (χ1) is 24.2. The lowest BCUT2D eigenvalue weighted by Crippen LogP contribution is -2.44. The van der Waals surface area contributed by atoms with Gasteiger partial charge in [0.1, 0.15) is 9.79 Å². The summed E-state index contributed by atoms with van der Waals surface area (Å²) in [5.74, 6) is 0.688. The normalized spacial score (nSPS) is 13.2. The van der Waals surface area contributed by atoms with E-state index < -0.39 is 47.2 Å². The molecule has 16 heteroatoms. The van der Waals surface area contributed by atoms with E-state index in [1.165, 1.54) is 18.2 Å². The number of non-ortho nitro benzene ring substituents is 1. The van der Waals surface area contributed by atoms with Gasteiger partial charge in [0.05, 0.1) is 28.5 Å². The molecule has 0 atom stereocenters. The van der Waals surface area contributed by atoms with E-state index in [2.05, 4.69) is 28.0 Å². The first kappa shape index (κ1) is 37.6. The lowest BCUT2D eigenvalue weighted by atomic mass is 10.1. The van der Waals surface area contributed by atoms with Gasteiger partial charge in [0.2, 0.25) is 0 Å². The van der Waals surface area contributed by atoms with Crippen LogP contribution in [-0.2, 0) is 28.6 Å². The number of benzene rings is 5. The Labute approximate surface area is 310 Å². The van der Waals surface area contributed by atoms with Crippen LogP contribution in [-0.4, -0.2) is 39.8 Å². The van der Waals surface area contributed by atoms with Gasteiger partial charge in [-0.15, -0.1) is 5.10 Å². The first-order valence-electron chi connectivity index (χ1n) is 15.6. The molecule has 0 bridgehead atoms. The van der Waals surface area contributed by atoms with Gasteiger partial charge in [0.25, 0.3) is 25.9 Å². The zero-order valence-electron chi connectivity index (χ0n) is 27.9. The molecule has 0 saturated heterocycles. The second-order valence-electron chi connectivity index (χ2n) is 11.6. The molecule has 0 amide bonds. The molecule has 6 rings (SSSR count). The summed E-state index contributed by atoms with van der Waals surface area (Å²) in [6.07, 6.45) is -1.25. The van der Waals surface area contributed by atoms with Gasteiger partial charge in [0, 0.05) is 26.7 Å². The Morgan fingerprint density at radius 2 is 1.29 bits per heavy atom. The molecule has 1 N–H and O–H groups in total. The number of hydrogen-bond donors (Lipinski definition) is 1. The van der Waals surface area contributed by atoms with Crippen LogP contribution in [0.15, 0.2) is 130 Å². The van der Waals surface area contributed by atoms with Gasteiger partial charge >= 0.3 is 0 Å². The van der Waals surface area contributed by atoms with Crippen molar-refractivity contribution in [1.29, 1.82) is 0 Å². The second kappa shape index (κ2) is 15.7. The number of nitro benzene ring substituents is 1. The molecule has 0 aromatic heterocycles. The van der Waals surface area contributed by atoms with E-state index in [0.29, 0.717) is 11.2 Å². The predicted octanol–water partition coefficient (Wildman–Crippen LogP) is 7.37. The summed E-state index contributed by atoms with van der Waals surface area (Å²) in [4.78, 5) is 9.70. The second-order valence-corrected chi connectivity index (χ2v) is 15.9. The molecule has 5 aromatic carbocycles. The Balaban J connectivity index is 0.000000199. The summed E-state index contributed by atoms with van der Waals surface area (Å²) in [5, 5.41) is 20.0. The Bertz CT molecular complexity index is 2270. The number of hydrazone groups is 1. The monoisotopic (exact) mass is 843 g/mol. The van der Waals surface area contributed by atoms with Gasteiger partial charge in [-0.05, 0) is 98.1 Å². The number of halogens is 1. The largest absolute Gasteiger partial charge is 0.299 e. The zero-order chi connectivity index (χ0) is 36.9. The van der Waals surface area contributed by atoms with Crippen LogP contribution in [0.4, 0.5) is 17.1 Å². The van der Waals surface area contributed by atoms with Gasteiger partial charge in [-0.1, -0.05) is 60.7 Å². The van der Waals surface area contributed by atoms with Crippen LogP contribution in [0.1, 0.15) is 33.3 Å². The molecule has 0 unspecified atom stereocenters. The van der Waals surface area contributed by atoms with E-state index in [1.54, 1.807) is 80.4 Å². The number of fused-ring (bicyclic) bond motifs is 1. The highest BCUT2D eigenvalue weighted by molar-refractivity contribution is 14.1. The maximum absolute atomic E-state index is 12.7. The first-order valence-corrected chi connectivity index (χ1v) is 19.4. The van der Waals surface area contributed by atoms with Gasteiger partial charge in [-0.2, -0.15) is 27.1 Å². The van der Waals surface area contributed by atoms with E-state index >= 15 is 0 Å². The average molecular weight is 844 g/mol. The van der Waals surface area contributed by atoms with Crippen LogP contribution in [0.3, 0.4) is 0 Å². The Morgan fingerprint density at radius 1 is 0.725 bits per heavy atom. The molecule has 0 radical (unpaired) electrons. The third-order valence-corrected chi connectivity index (χ3v) is 11.0. The van der Waals surface area contributed by atoms with Crippen molar-refractivity contribution in [2.75, 3.05) is 10.2 Å². The number of nitrogens with zero attached hydrogens (tertiary/aromatic N) is 4. The summed E-state index contributed by atoms with van der Waals surface area (Å²) in [6.45, 7) is 6.22. The standard InChI is InChI=1S/C19H14IN5O2.C16H20O6S2/c20-15-6-8-16(9-7-15)23-21-19(14-4-2-1-3-5-14)22-24(23)17-10-12-18(13-11-17)25(26)27;1-11(2)21-23(17,18)15-10-9-13-7-5-6-8-14(13)16(15)24(19,20)22-12(3)4/h1-13H,(H,21,22);5-12H,1-4H3. The third-order valence-electron chi connectivity index (χ3n) is 7.01. The van der Waals surface area contributed by atoms with Crippen molar-refractivity contribution >= 4 is 76.5 Å². The summed E-state index contributed by atoms with van der Waals surface area (Å²) < 4.78 is 61.4. The number of anilines is 2. The van der Waals surface area contributed by atoms with Crippen molar-refractivity contribution < 1.29 is 30.1 Å². The molecule has 0 saturated carbocycles. The zero-order valence-corrected chi connectivity index (χ0v) is 31.7. The van der Waals surface area contributed by atoms with Crippen LogP contribution < -0.4 is 15.7 Å². The third kappa shape index (κ3) is 9.01. The fraction of sp³-hybridized carbons (Fsp3) is 0.171. The van der Waals surface area contributed by atoms with E-state index in [0.717, 1.165) is 20.5 Å². The van der Waals surface area contributed by atoms with Gasteiger partial charge in [-0.3, -0.25) is 23.9 Å². The van der Waals surface area contributed by atoms with Crippen molar-refractivity contribution in [2.45, 2.75) is 49.7 Å². The molecule has 1 heterocycles. The van der Waals surface area contributed by atoms with Crippen LogP contribution in [0.2, 0.25) is 0 Å². The molecule has 0 spiro atoms. The topological polar surface area (TPSA) is 161 Å². The molecule has 51 heavy (non-hydrogen) atoms. The minimum Gasteiger partial charge on any atom is -0.264 e. The minimum atomic E-state index is -4.29. The summed E-state index contributed by atoms with van der Waals surface area (Å²) in [5.41, 5.74) is 5.86. The maximum Gasteiger partial charge on any atom is 0.299 e. The fourth-order valence-corrected chi connectivity index (χ4v) is 8.48. The molecule has 0 aliphatic carbocycles. The van der Waals surface area contributed by atoms with Crippen molar-refractivity contribution in [2.24, 2.45) is 5.10 Å². The number of hydrazine groups is 2. The molecule has 1 aliphatic heterocycles. The highest BCUT2D eigenvalue weighted by Gasteiger charge is 2.32. The van der Waals surface area contributed by atoms with Crippen LogP contribution in [0.5, 0.6) is 0 Å². The number of nitrogens with one attached hydrogen (secondary N) is 1. The van der Waals surface area contributed by atoms with Crippen LogP contribution in [0, 0.1) is 13.7 Å². The van der Waals surface area contributed by atoms with Crippen molar-refractivity contribution in [3.05, 3.63) is 135 Å². The highest BCUT2D eigenvalue weighted by atomic mass is 127. The number of amidine groups is 1. The molecule has 0 fully saturated rings. The summed E-state index contributed by atoms with van der Waals surface area (Å²) >= 11 is 2.25. The maximum atomic E-state index is 12.7. The van der Waals surface area contributed by atoms with Gasteiger partial charge < -0.3 is 0 Å². The number of hydrogen-bond acceptors (Lipinski definition) is 12. The summed E-state index contributed by atoms with van der Waals surface area (Å²) in [7, 11) is -8.55. The van der Waals surface area contributed by atoms with E-state index in [1.807, 2.05) is 54.6 Å². The van der Waals surface area contributed by atoms with Crippen molar-refractivity contribution in [3.8, 4) is 0 Å². The van der Waals surface area contributed by atoms with Crippen LogP contribution >= 0.6 is 22.6 Å². The Kier molecular flexibility index (Phi) is 11.6. The molecule has 266 valence electrons. The number of nitro groups is 1. The molecular formula is C35H34IN5O8S2. The lowest BCUT2D eigenvalue weighted by Gasteiger charge is -2.27. The predicted molar refractivity (Wildman–Crippen MR) is 204 cm³/mol. The molecule has 5 aromatic rings. The fourth-order valence-electron chi connectivity index (χ4n) is 4.95.